The molecule has 0 saturated heterocycles. The van der Waals surface area contributed by atoms with Gasteiger partial charge in [0.1, 0.15) is 5.82 Å². The van der Waals surface area contributed by atoms with Crippen LogP contribution in [-0.4, -0.2) is 22.1 Å². The van der Waals surface area contributed by atoms with Crippen molar-refractivity contribution >= 4 is 35.6 Å². The molecule has 0 atom stereocenters. The number of anilines is 1. The Morgan fingerprint density at radius 2 is 1.72 bits per heavy atom. The van der Waals surface area contributed by atoms with Crippen molar-refractivity contribution in [1.82, 2.24) is 9.55 Å². The van der Waals surface area contributed by atoms with Crippen molar-refractivity contribution in [3.8, 4) is 0 Å². The highest BCUT2D eigenvalue weighted by molar-refractivity contribution is 14.0. The third kappa shape index (κ3) is 6.32. The molecule has 0 aliphatic rings. The maximum Gasteiger partial charge on any atom is 0.193 e. The number of hydrogen-bond donors (Lipinski definition) is 2. The number of halogens is 1. The number of nitrogens with zero attached hydrogens (tertiary/aromatic N) is 3. The lowest BCUT2D eigenvalue weighted by molar-refractivity contribution is 0.716. The maximum absolute atomic E-state index is 6.17. The average Bonchev–Trinajstić information content (AvgIpc) is 3.15. The van der Waals surface area contributed by atoms with Crippen LogP contribution < -0.4 is 11.1 Å². The summed E-state index contributed by atoms with van der Waals surface area (Å²) < 4.78 is 2.16. The van der Waals surface area contributed by atoms with Crippen molar-refractivity contribution in [2.75, 3.05) is 11.9 Å². The molecule has 0 aliphatic carbocycles. The zero-order chi connectivity index (χ0) is 19.8. The summed E-state index contributed by atoms with van der Waals surface area (Å²) in [7, 11) is 0. The second-order valence-electron chi connectivity index (χ2n) is 6.76. The van der Waals surface area contributed by atoms with Gasteiger partial charge in [0.2, 0.25) is 0 Å². The van der Waals surface area contributed by atoms with Crippen LogP contribution in [0.1, 0.15) is 36.4 Å². The van der Waals surface area contributed by atoms with Gasteiger partial charge in [0, 0.05) is 37.6 Å². The van der Waals surface area contributed by atoms with Gasteiger partial charge in [0.25, 0.3) is 0 Å². The van der Waals surface area contributed by atoms with Crippen molar-refractivity contribution in [2.45, 2.75) is 39.7 Å². The maximum atomic E-state index is 6.17. The molecule has 3 N–H and O–H groups in total. The summed E-state index contributed by atoms with van der Waals surface area (Å²) in [5.74, 6) is 1.47. The first-order valence-corrected chi connectivity index (χ1v) is 9.92. The van der Waals surface area contributed by atoms with E-state index in [0.717, 1.165) is 37.3 Å². The zero-order valence-electron chi connectivity index (χ0n) is 17.1. The highest BCUT2D eigenvalue weighted by atomic mass is 127. The highest BCUT2D eigenvalue weighted by Gasteiger charge is 2.07. The first-order chi connectivity index (χ1) is 13.7. The minimum absolute atomic E-state index is 0. The van der Waals surface area contributed by atoms with E-state index in [1.807, 2.05) is 18.5 Å². The molecule has 5 nitrogen and oxygen atoms in total. The molecule has 0 amide bonds. The van der Waals surface area contributed by atoms with E-state index in [2.05, 4.69) is 76.2 Å². The Morgan fingerprint density at radius 1 is 1.03 bits per heavy atom. The van der Waals surface area contributed by atoms with E-state index in [1.54, 1.807) is 0 Å². The SMILES string of the molecule is CCc1cccc(CC)c1NC(N)=NCCc1nccn1Cc1ccccc1.I. The third-order valence-corrected chi connectivity index (χ3v) is 4.87. The van der Waals surface area contributed by atoms with E-state index >= 15 is 0 Å². The van der Waals surface area contributed by atoms with Crippen molar-refractivity contribution in [1.29, 1.82) is 0 Å². The fraction of sp³-hybridized carbons (Fsp3) is 0.304. The molecular formula is C23H30IN5. The molecular weight excluding hydrogens is 473 g/mol. The van der Waals surface area contributed by atoms with Gasteiger partial charge in [-0.2, -0.15) is 0 Å². The smallest absolute Gasteiger partial charge is 0.193 e. The predicted molar refractivity (Wildman–Crippen MR) is 132 cm³/mol. The monoisotopic (exact) mass is 503 g/mol. The minimum Gasteiger partial charge on any atom is -0.370 e. The number of guanidine groups is 1. The molecule has 0 unspecified atom stereocenters. The van der Waals surface area contributed by atoms with Gasteiger partial charge in [0.05, 0.1) is 0 Å². The summed E-state index contributed by atoms with van der Waals surface area (Å²) in [5, 5.41) is 3.32. The number of hydrogen-bond acceptors (Lipinski definition) is 2. The summed E-state index contributed by atoms with van der Waals surface area (Å²) in [6, 6.07) is 16.8. The lowest BCUT2D eigenvalue weighted by Crippen LogP contribution is -2.24. The van der Waals surface area contributed by atoms with Crippen LogP contribution in [0.3, 0.4) is 0 Å². The van der Waals surface area contributed by atoms with Crippen molar-refractivity contribution < 1.29 is 0 Å². The van der Waals surface area contributed by atoms with Crippen LogP contribution in [0.5, 0.6) is 0 Å². The standard InChI is InChI=1S/C23H29N5.HI/c1-3-19-11-8-12-20(4-2)22(19)27-23(24)26-14-13-21-25-15-16-28(21)17-18-9-6-5-7-10-18;/h5-12,15-16H,3-4,13-14,17H2,1-2H3,(H3,24,26,27);1H. The van der Waals surface area contributed by atoms with Gasteiger partial charge in [-0.1, -0.05) is 62.4 Å². The number of nitrogens with one attached hydrogen (secondary N) is 1. The molecule has 3 rings (SSSR count). The van der Waals surface area contributed by atoms with Gasteiger partial charge >= 0.3 is 0 Å². The minimum atomic E-state index is 0. The van der Waals surface area contributed by atoms with Gasteiger partial charge in [-0.05, 0) is 29.5 Å². The van der Waals surface area contributed by atoms with Crippen molar-refractivity contribution in [2.24, 2.45) is 10.7 Å². The van der Waals surface area contributed by atoms with Crippen LogP contribution in [0.15, 0.2) is 65.9 Å². The second-order valence-corrected chi connectivity index (χ2v) is 6.76. The molecule has 2 aromatic carbocycles. The molecule has 1 heterocycles. The Labute approximate surface area is 190 Å². The van der Waals surface area contributed by atoms with Gasteiger partial charge in [-0.25, -0.2) is 4.98 Å². The summed E-state index contributed by atoms with van der Waals surface area (Å²) >= 11 is 0. The Bertz CT molecular complexity index is 896. The zero-order valence-corrected chi connectivity index (χ0v) is 19.5. The van der Waals surface area contributed by atoms with Crippen LogP contribution in [0, 0.1) is 0 Å². The Morgan fingerprint density at radius 3 is 2.38 bits per heavy atom. The number of aromatic nitrogens is 2. The number of aliphatic imine (C=N–C) groups is 1. The first-order valence-electron chi connectivity index (χ1n) is 9.92. The summed E-state index contributed by atoms with van der Waals surface area (Å²) in [6.07, 6.45) is 6.52. The molecule has 6 heteroatoms. The van der Waals surface area contributed by atoms with Gasteiger partial charge < -0.3 is 15.6 Å². The highest BCUT2D eigenvalue weighted by Crippen LogP contribution is 2.22. The number of para-hydroxylation sites is 1. The molecule has 3 aromatic rings. The third-order valence-electron chi connectivity index (χ3n) is 4.87. The Hall–Kier alpha value is -2.35. The van der Waals surface area contributed by atoms with E-state index in [-0.39, 0.29) is 24.0 Å². The lowest BCUT2D eigenvalue weighted by Gasteiger charge is -2.15. The average molecular weight is 503 g/mol. The number of rotatable bonds is 8. The van der Waals surface area contributed by atoms with Crippen molar-refractivity contribution in [3.05, 3.63) is 83.4 Å². The van der Waals surface area contributed by atoms with Crippen LogP contribution in [0.2, 0.25) is 0 Å². The number of nitrogens with two attached hydrogens (primary N) is 1. The molecule has 29 heavy (non-hydrogen) atoms. The normalized spacial score (nSPS) is 11.2. The Balaban J connectivity index is 0.00000300. The summed E-state index contributed by atoms with van der Waals surface area (Å²) in [6.45, 7) is 5.72. The molecule has 0 saturated carbocycles. The first kappa shape index (κ1) is 22.9. The fourth-order valence-corrected chi connectivity index (χ4v) is 3.34. The molecule has 0 fully saturated rings. The van der Waals surface area contributed by atoms with Gasteiger partial charge in [-0.15, -0.1) is 24.0 Å². The number of benzene rings is 2. The quantitative estimate of drug-likeness (QED) is 0.267. The van der Waals surface area contributed by atoms with Crippen molar-refractivity contribution in [3.63, 3.8) is 0 Å². The van der Waals surface area contributed by atoms with Gasteiger partial charge in [-0.3, -0.25) is 4.99 Å². The largest absolute Gasteiger partial charge is 0.370 e. The molecule has 0 aliphatic heterocycles. The number of aryl methyl sites for hydroxylation is 2. The van der Waals surface area contributed by atoms with E-state index in [0.29, 0.717) is 12.5 Å². The summed E-state index contributed by atoms with van der Waals surface area (Å²) in [4.78, 5) is 9.00. The van der Waals surface area contributed by atoms with Crippen LogP contribution >= 0.6 is 24.0 Å². The van der Waals surface area contributed by atoms with E-state index in [4.69, 9.17) is 5.73 Å². The molecule has 154 valence electrons. The molecule has 1 aromatic heterocycles. The number of imidazole rings is 1. The van der Waals surface area contributed by atoms with Crippen LogP contribution in [0.4, 0.5) is 5.69 Å². The second kappa shape index (κ2) is 11.6. The predicted octanol–water partition coefficient (Wildman–Crippen LogP) is 4.64. The van der Waals surface area contributed by atoms with Gasteiger partial charge in [0.15, 0.2) is 5.96 Å². The van der Waals surface area contributed by atoms with E-state index < -0.39 is 0 Å². The molecule has 0 spiro atoms. The van der Waals surface area contributed by atoms with E-state index in [9.17, 15) is 0 Å². The summed E-state index contributed by atoms with van der Waals surface area (Å²) in [5.41, 5.74) is 11.0. The molecule has 0 bridgehead atoms. The lowest BCUT2D eigenvalue weighted by atomic mass is 10.0. The topological polar surface area (TPSA) is 68.2 Å². The van der Waals surface area contributed by atoms with E-state index in [1.165, 1.54) is 16.7 Å². The van der Waals surface area contributed by atoms with Crippen LogP contribution in [-0.2, 0) is 25.8 Å². The fourth-order valence-electron chi connectivity index (χ4n) is 3.34. The Kier molecular flexibility index (Phi) is 9.18. The van der Waals surface area contributed by atoms with Crippen LogP contribution in [0.25, 0.3) is 0 Å². The molecule has 0 radical (unpaired) electrons.